The molecule has 0 radical (unpaired) electrons. The van der Waals surface area contributed by atoms with Gasteiger partial charge >= 0.3 is 5.97 Å². The number of fused-ring (bicyclic) bond motifs is 1. The van der Waals surface area contributed by atoms with Crippen molar-refractivity contribution in [3.63, 3.8) is 0 Å². The lowest BCUT2D eigenvalue weighted by Crippen LogP contribution is -2.12. The molecule has 150 valence electrons. The summed E-state index contributed by atoms with van der Waals surface area (Å²) in [6.07, 6.45) is 3.95. The molecule has 0 bridgehead atoms. The minimum atomic E-state index is -0.664. The van der Waals surface area contributed by atoms with E-state index < -0.39 is 12.1 Å². The van der Waals surface area contributed by atoms with E-state index in [1.54, 1.807) is 6.92 Å². The van der Waals surface area contributed by atoms with Crippen molar-refractivity contribution >= 4 is 23.1 Å². The molecule has 1 aliphatic rings. The molecule has 2 heterocycles. The molecule has 29 heavy (non-hydrogen) atoms. The molecule has 0 N–H and O–H groups in total. The van der Waals surface area contributed by atoms with E-state index in [0.29, 0.717) is 11.5 Å². The molecule has 0 aliphatic heterocycles. The number of aromatic nitrogens is 2. The van der Waals surface area contributed by atoms with Crippen molar-refractivity contribution in [3.8, 4) is 10.8 Å². The Hall–Kier alpha value is -2.80. The summed E-state index contributed by atoms with van der Waals surface area (Å²) >= 11 is 1.49. The minimum Gasteiger partial charge on any atom is -0.453 e. The van der Waals surface area contributed by atoms with Crippen molar-refractivity contribution in [1.82, 2.24) is 10.2 Å². The number of ketones is 1. The lowest BCUT2D eigenvalue weighted by Gasteiger charge is -2.16. The number of carbonyl (C=O) groups excluding carboxylic acids is 2. The SMILES string of the molecule is CC(OC(=O)CCC(=O)c1ccc2c(c1)CCCC2)c1nnc(-c2cccs2)o1. The predicted octanol–water partition coefficient (Wildman–Crippen LogP) is 4.94. The van der Waals surface area contributed by atoms with Gasteiger partial charge in [0.05, 0.1) is 11.3 Å². The number of hydrogen-bond donors (Lipinski definition) is 0. The van der Waals surface area contributed by atoms with Crippen LogP contribution in [0, 0.1) is 0 Å². The van der Waals surface area contributed by atoms with Gasteiger partial charge in [-0.15, -0.1) is 21.5 Å². The van der Waals surface area contributed by atoms with Crippen LogP contribution in [0.15, 0.2) is 40.1 Å². The molecule has 4 rings (SSSR count). The van der Waals surface area contributed by atoms with Crippen LogP contribution in [0.2, 0.25) is 0 Å². The third-order valence-electron chi connectivity index (χ3n) is 5.06. The van der Waals surface area contributed by atoms with Crippen LogP contribution in [0.1, 0.15) is 66.1 Å². The van der Waals surface area contributed by atoms with Gasteiger partial charge in [0.15, 0.2) is 11.9 Å². The van der Waals surface area contributed by atoms with E-state index in [0.717, 1.165) is 17.7 Å². The number of hydrogen-bond acceptors (Lipinski definition) is 7. The molecule has 3 aromatic rings. The van der Waals surface area contributed by atoms with Crippen LogP contribution in [0.4, 0.5) is 0 Å². The maximum Gasteiger partial charge on any atom is 0.307 e. The van der Waals surface area contributed by atoms with Crippen molar-refractivity contribution < 1.29 is 18.7 Å². The monoisotopic (exact) mass is 410 g/mol. The van der Waals surface area contributed by atoms with Gasteiger partial charge in [-0.25, -0.2) is 0 Å². The number of esters is 1. The van der Waals surface area contributed by atoms with Crippen molar-refractivity contribution in [1.29, 1.82) is 0 Å². The highest BCUT2D eigenvalue weighted by molar-refractivity contribution is 7.13. The number of nitrogens with zero attached hydrogens (tertiary/aromatic N) is 2. The number of rotatable bonds is 7. The molecule has 1 aliphatic carbocycles. The third kappa shape index (κ3) is 4.62. The molecular weight excluding hydrogens is 388 g/mol. The van der Waals surface area contributed by atoms with Crippen molar-refractivity contribution in [2.45, 2.75) is 51.6 Å². The van der Waals surface area contributed by atoms with Crippen molar-refractivity contribution in [2.24, 2.45) is 0 Å². The van der Waals surface area contributed by atoms with Gasteiger partial charge in [-0.1, -0.05) is 18.2 Å². The van der Waals surface area contributed by atoms with Gasteiger partial charge in [0.25, 0.3) is 11.8 Å². The zero-order valence-corrected chi connectivity index (χ0v) is 17.0. The first kappa shape index (κ1) is 19.5. The van der Waals surface area contributed by atoms with E-state index in [2.05, 4.69) is 10.2 Å². The van der Waals surface area contributed by atoms with E-state index in [4.69, 9.17) is 9.15 Å². The Morgan fingerprint density at radius 1 is 1.14 bits per heavy atom. The van der Waals surface area contributed by atoms with Crippen LogP contribution in [0.3, 0.4) is 0 Å². The summed E-state index contributed by atoms with van der Waals surface area (Å²) in [5, 5.41) is 9.86. The number of carbonyl (C=O) groups is 2. The second-order valence-electron chi connectivity index (χ2n) is 7.17. The summed E-state index contributed by atoms with van der Waals surface area (Å²) in [6, 6.07) is 9.67. The van der Waals surface area contributed by atoms with E-state index in [9.17, 15) is 9.59 Å². The highest BCUT2D eigenvalue weighted by Gasteiger charge is 2.20. The number of aryl methyl sites for hydroxylation is 2. The van der Waals surface area contributed by atoms with E-state index >= 15 is 0 Å². The lowest BCUT2D eigenvalue weighted by molar-refractivity contribution is -0.149. The summed E-state index contributed by atoms with van der Waals surface area (Å²) in [5.41, 5.74) is 3.27. The summed E-state index contributed by atoms with van der Waals surface area (Å²) in [5.74, 6) is 0.142. The first-order valence-electron chi connectivity index (χ1n) is 9.82. The summed E-state index contributed by atoms with van der Waals surface area (Å²) in [7, 11) is 0. The minimum absolute atomic E-state index is 0.0200. The van der Waals surface area contributed by atoms with E-state index in [-0.39, 0.29) is 24.5 Å². The van der Waals surface area contributed by atoms with Crippen LogP contribution in [-0.4, -0.2) is 21.9 Å². The van der Waals surface area contributed by atoms with Gasteiger partial charge in [0.1, 0.15) is 0 Å². The standard InChI is InChI=1S/C22H22N2O4S/c1-14(21-23-24-22(28-21)19-7-4-12-29-19)27-20(26)11-10-18(25)17-9-8-15-5-2-3-6-16(15)13-17/h4,7-9,12-14H,2-3,5-6,10-11H2,1H3. The second kappa shape index (κ2) is 8.69. The highest BCUT2D eigenvalue weighted by Crippen LogP contribution is 2.26. The molecule has 0 saturated heterocycles. The van der Waals surface area contributed by atoms with Crippen LogP contribution in [0.5, 0.6) is 0 Å². The summed E-state index contributed by atoms with van der Waals surface area (Å²) < 4.78 is 10.9. The van der Waals surface area contributed by atoms with Gasteiger partial charge in [0.2, 0.25) is 0 Å². The molecule has 0 amide bonds. The van der Waals surface area contributed by atoms with Crippen molar-refractivity contribution in [2.75, 3.05) is 0 Å². The lowest BCUT2D eigenvalue weighted by atomic mass is 9.89. The van der Waals surface area contributed by atoms with Crippen LogP contribution >= 0.6 is 11.3 Å². The Balaban J connectivity index is 1.30. The molecule has 6 nitrogen and oxygen atoms in total. The average Bonchev–Trinajstić information content (AvgIpc) is 3.43. The van der Waals surface area contributed by atoms with Crippen LogP contribution in [0.25, 0.3) is 10.8 Å². The van der Waals surface area contributed by atoms with E-state index in [1.165, 1.54) is 35.3 Å². The molecule has 1 atom stereocenters. The van der Waals surface area contributed by atoms with Gasteiger partial charge in [-0.2, -0.15) is 0 Å². The fourth-order valence-corrected chi connectivity index (χ4v) is 4.12. The van der Waals surface area contributed by atoms with Gasteiger partial charge < -0.3 is 9.15 Å². The van der Waals surface area contributed by atoms with Gasteiger partial charge in [0, 0.05) is 12.0 Å². The second-order valence-corrected chi connectivity index (χ2v) is 8.12. The zero-order valence-electron chi connectivity index (χ0n) is 16.2. The van der Waals surface area contributed by atoms with Gasteiger partial charge in [-0.05, 0) is 61.2 Å². The summed E-state index contributed by atoms with van der Waals surface area (Å²) in [6.45, 7) is 1.68. The topological polar surface area (TPSA) is 82.3 Å². The van der Waals surface area contributed by atoms with Crippen molar-refractivity contribution in [3.05, 3.63) is 58.3 Å². The molecule has 0 spiro atoms. The Bertz CT molecular complexity index is 1010. The van der Waals surface area contributed by atoms with Gasteiger partial charge in [-0.3, -0.25) is 9.59 Å². The van der Waals surface area contributed by atoms with E-state index in [1.807, 2.05) is 35.7 Å². The number of thiophene rings is 1. The fraction of sp³-hybridized carbons (Fsp3) is 0.364. The smallest absolute Gasteiger partial charge is 0.307 e. The molecule has 0 fully saturated rings. The molecule has 0 saturated carbocycles. The first-order chi connectivity index (χ1) is 14.1. The average molecular weight is 410 g/mol. The predicted molar refractivity (Wildman–Crippen MR) is 109 cm³/mol. The Morgan fingerprint density at radius 2 is 1.97 bits per heavy atom. The number of benzene rings is 1. The molecule has 7 heteroatoms. The Morgan fingerprint density at radius 3 is 2.76 bits per heavy atom. The summed E-state index contributed by atoms with van der Waals surface area (Å²) in [4.78, 5) is 25.5. The fourth-order valence-electron chi connectivity index (χ4n) is 3.47. The molecule has 1 unspecified atom stereocenters. The van der Waals surface area contributed by atoms with Crippen LogP contribution < -0.4 is 0 Å². The normalized spacial score (nSPS) is 14.2. The number of ether oxygens (including phenoxy) is 1. The maximum absolute atomic E-state index is 12.5. The maximum atomic E-state index is 12.5. The van der Waals surface area contributed by atoms with Crippen LogP contribution in [-0.2, 0) is 22.4 Å². The quantitative estimate of drug-likeness (QED) is 0.405. The molecule has 2 aromatic heterocycles. The first-order valence-corrected chi connectivity index (χ1v) is 10.7. The number of Topliss-reactive ketones (excluding diaryl/α,β-unsaturated/α-hetero) is 1. The Labute approximate surface area is 172 Å². The Kier molecular flexibility index (Phi) is 5.85. The largest absolute Gasteiger partial charge is 0.453 e. The zero-order chi connectivity index (χ0) is 20.2. The highest BCUT2D eigenvalue weighted by atomic mass is 32.1. The molecular formula is C22H22N2O4S. The molecule has 1 aromatic carbocycles. The third-order valence-corrected chi connectivity index (χ3v) is 5.91.